The first-order chi connectivity index (χ1) is 8.38. The van der Waals surface area contributed by atoms with Crippen molar-refractivity contribution in [2.75, 3.05) is 12.3 Å². The zero-order valence-corrected chi connectivity index (χ0v) is 10.8. The van der Waals surface area contributed by atoms with E-state index in [9.17, 15) is 9.59 Å². The van der Waals surface area contributed by atoms with Crippen molar-refractivity contribution in [3.05, 3.63) is 23.4 Å². The van der Waals surface area contributed by atoms with Gasteiger partial charge in [0.1, 0.15) is 5.82 Å². The van der Waals surface area contributed by atoms with E-state index in [4.69, 9.17) is 5.73 Å². The molecule has 1 heterocycles. The summed E-state index contributed by atoms with van der Waals surface area (Å²) in [6.45, 7) is 5.40. The molecule has 0 aliphatic heterocycles. The molecule has 0 aliphatic rings. The number of rotatable bonds is 4. The van der Waals surface area contributed by atoms with Crippen LogP contribution < -0.4 is 16.4 Å². The molecule has 0 radical (unpaired) electrons. The van der Waals surface area contributed by atoms with Crippen LogP contribution in [-0.2, 0) is 4.79 Å². The van der Waals surface area contributed by atoms with Gasteiger partial charge in [0, 0.05) is 17.3 Å². The Morgan fingerprint density at radius 2 is 2.06 bits per heavy atom. The van der Waals surface area contributed by atoms with Gasteiger partial charge < -0.3 is 16.4 Å². The fourth-order valence-corrected chi connectivity index (χ4v) is 1.46. The van der Waals surface area contributed by atoms with E-state index in [0.717, 1.165) is 0 Å². The van der Waals surface area contributed by atoms with Crippen LogP contribution in [0.1, 0.15) is 29.9 Å². The van der Waals surface area contributed by atoms with Crippen molar-refractivity contribution < 1.29 is 9.59 Å². The van der Waals surface area contributed by atoms with Gasteiger partial charge in [-0.25, -0.2) is 4.98 Å². The highest BCUT2D eigenvalue weighted by atomic mass is 16.2. The lowest BCUT2D eigenvalue weighted by atomic mass is 10.2. The number of nitrogens with two attached hydrogens (primary N) is 1. The summed E-state index contributed by atoms with van der Waals surface area (Å²) in [6.07, 6.45) is 0. The van der Waals surface area contributed by atoms with Crippen LogP contribution in [0.4, 0.5) is 5.82 Å². The molecule has 1 aromatic heterocycles. The predicted octanol–water partition coefficient (Wildman–Crippen LogP) is 0.227. The van der Waals surface area contributed by atoms with E-state index < -0.39 is 0 Å². The summed E-state index contributed by atoms with van der Waals surface area (Å²) >= 11 is 0. The van der Waals surface area contributed by atoms with E-state index in [1.54, 1.807) is 13.0 Å². The Bertz CT molecular complexity index is 437. The molecule has 98 valence electrons. The second-order valence-corrected chi connectivity index (χ2v) is 4.33. The van der Waals surface area contributed by atoms with Gasteiger partial charge in [-0.15, -0.1) is 0 Å². The molecule has 4 N–H and O–H groups in total. The number of nitrogens with zero attached hydrogens (tertiary/aromatic N) is 1. The third-order valence-electron chi connectivity index (χ3n) is 2.09. The van der Waals surface area contributed by atoms with E-state index in [-0.39, 0.29) is 30.2 Å². The number of nitrogens with one attached hydrogen (secondary N) is 2. The first-order valence-corrected chi connectivity index (χ1v) is 5.70. The number of hydrogen-bond acceptors (Lipinski definition) is 4. The minimum Gasteiger partial charge on any atom is -0.384 e. The van der Waals surface area contributed by atoms with E-state index >= 15 is 0 Å². The van der Waals surface area contributed by atoms with Crippen molar-refractivity contribution >= 4 is 17.6 Å². The molecule has 0 aromatic carbocycles. The topological polar surface area (TPSA) is 97.1 Å². The summed E-state index contributed by atoms with van der Waals surface area (Å²) in [5, 5.41) is 5.21. The molecule has 0 aliphatic carbocycles. The lowest BCUT2D eigenvalue weighted by molar-refractivity contribution is -0.120. The van der Waals surface area contributed by atoms with Crippen molar-refractivity contribution in [2.24, 2.45) is 0 Å². The molecule has 2 amide bonds. The number of aromatic nitrogens is 1. The Morgan fingerprint density at radius 1 is 1.39 bits per heavy atom. The van der Waals surface area contributed by atoms with Crippen molar-refractivity contribution in [2.45, 2.75) is 26.8 Å². The lowest BCUT2D eigenvalue weighted by Gasteiger charge is -2.09. The van der Waals surface area contributed by atoms with Gasteiger partial charge in [-0.1, -0.05) is 0 Å². The highest BCUT2D eigenvalue weighted by Crippen LogP contribution is 2.06. The number of carbonyl (C=O) groups is 2. The minimum absolute atomic E-state index is 0.0493. The molecule has 0 saturated heterocycles. The SMILES string of the molecule is Cc1cc(C(=O)NCC(=O)NC(C)C)cc(N)n1. The highest BCUT2D eigenvalue weighted by molar-refractivity contribution is 5.97. The number of aryl methyl sites for hydroxylation is 1. The third-order valence-corrected chi connectivity index (χ3v) is 2.09. The van der Waals surface area contributed by atoms with Gasteiger partial charge >= 0.3 is 0 Å². The van der Waals surface area contributed by atoms with Crippen LogP contribution in [-0.4, -0.2) is 29.4 Å². The van der Waals surface area contributed by atoms with Gasteiger partial charge in [0.25, 0.3) is 5.91 Å². The maximum absolute atomic E-state index is 11.8. The summed E-state index contributed by atoms with van der Waals surface area (Å²) < 4.78 is 0. The molecule has 6 nitrogen and oxygen atoms in total. The average Bonchev–Trinajstić information content (AvgIpc) is 2.23. The Morgan fingerprint density at radius 3 is 2.61 bits per heavy atom. The Hall–Kier alpha value is -2.11. The largest absolute Gasteiger partial charge is 0.384 e. The summed E-state index contributed by atoms with van der Waals surface area (Å²) in [6, 6.07) is 3.14. The molecule has 18 heavy (non-hydrogen) atoms. The molecule has 1 rings (SSSR count). The lowest BCUT2D eigenvalue weighted by Crippen LogP contribution is -2.39. The van der Waals surface area contributed by atoms with Crippen molar-refractivity contribution in [1.29, 1.82) is 0 Å². The number of hydrogen-bond donors (Lipinski definition) is 3. The van der Waals surface area contributed by atoms with E-state index in [1.165, 1.54) is 6.07 Å². The van der Waals surface area contributed by atoms with Gasteiger partial charge in [-0.2, -0.15) is 0 Å². The molecule has 0 saturated carbocycles. The first kappa shape index (κ1) is 14.0. The smallest absolute Gasteiger partial charge is 0.251 e. The van der Waals surface area contributed by atoms with Crippen molar-refractivity contribution in [3.63, 3.8) is 0 Å². The molecule has 0 spiro atoms. The quantitative estimate of drug-likeness (QED) is 0.712. The summed E-state index contributed by atoms with van der Waals surface area (Å²) in [5.74, 6) is -0.282. The molecular weight excluding hydrogens is 232 g/mol. The molecular formula is C12H18N4O2. The van der Waals surface area contributed by atoms with Crippen LogP contribution in [0.5, 0.6) is 0 Å². The zero-order valence-electron chi connectivity index (χ0n) is 10.8. The van der Waals surface area contributed by atoms with Crippen LogP contribution in [0.15, 0.2) is 12.1 Å². The molecule has 0 bridgehead atoms. The maximum atomic E-state index is 11.8. The minimum atomic E-state index is -0.342. The average molecular weight is 250 g/mol. The third kappa shape index (κ3) is 4.40. The fourth-order valence-electron chi connectivity index (χ4n) is 1.46. The fraction of sp³-hybridized carbons (Fsp3) is 0.417. The second-order valence-electron chi connectivity index (χ2n) is 4.33. The van der Waals surface area contributed by atoms with Crippen LogP contribution in [0.25, 0.3) is 0 Å². The first-order valence-electron chi connectivity index (χ1n) is 5.70. The number of amides is 2. The molecule has 6 heteroatoms. The van der Waals surface area contributed by atoms with E-state index in [2.05, 4.69) is 15.6 Å². The predicted molar refractivity (Wildman–Crippen MR) is 69.0 cm³/mol. The van der Waals surface area contributed by atoms with Gasteiger partial charge in [-0.3, -0.25) is 9.59 Å². The second kappa shape index (κ2) is 6.00. The summed E-state index contributed by atoms with van der Waals surface area (Å²) in [5.41, 5.74) is 6.61. The standard InChI is InChI=1S/C12H18N4O2/c1-7(2)15-11(17)6-14-12(18)9-4-8(3)16-10(13)5-9/h4-5,7H,6H2,1-3H3,(H2,13,16)(H,14,18)(H,15,17). The normalized spacial score (nSPS) is 10.2. The van der Waals surface area contributed by atoms with Gasteiger partial charge in [-0.05, 0) is 32.9 Å². The molecule has 0 unspecified atom stereocenters. The summed E-state index contributed by atoms with van der Waals surface area (Å²) in [4.78, 5) is 27.1. The maximum Gasteiger partial charge on any atom is 0.251 e. The van der Waals surface area contributed by atoms with Gasteiger partial charge in [0.15, 0.2) is 0 Å². The van der Waals surface area contributed by atoms with E-state index in [0.29, 0.717) is 11.3 Å². The van der Waals surface area contributed by atoms with Crippen LogP contribution in [0.2, 0.25) is 0 Å². The number of nitrogen functional groups attached to an aromatic ring is 1. The highest BCUT2D eigenvalue weighted by Gasteiger charge is 2.10. The monoisotopic (exact) mass is 250 g/mol. The zero-order chi connectivity index (χ0) is 13.7. The molecule has 0 fully saturated rings. The Kier molecular flexibility index (Phi) is 4.65. The number of anilines is 1. The van der Waals surface area contributed by atoms with Gasteiger partial charge in [0.05, 0.1) is 6.54 Å². The van der Waals surface area contributed by atoms with Crippen LogP contribution >= 0.6 is 0 Å². The van der Waals surface area contributed by atoms with Crippen molar-refractivity contribution in [3.8, 4) is 0 Å². The van der Waals surface area contributed by atoms with Crippen molar-refractivity contribution in [1.82, 2.24) is 15.6 Å². The van der Waals surface area contributed by atoms with Gasteiger partial charge in [0.2, 0.25) is 5.91 Å². The van der Waals surface area contributed by atoms with Crippen LogP contribution in [0, 0.1) is 6.92 Å². The Balaban J connectivity index is 2.58. The van der Waals surface area contributed by atoms with Crippen LogP contribution in [0.3, 0.4) is 0 Å². The molecule has 0 atom stereocenters. The Labute approximate surface area is 106 Å². The number of carbonyl (C=O) groups excluding carboxylic acids is 2. The summed E-state index contributed by atoms with van der Waals surface area (Å²) in [7, 11) is 0. The number of pyridine rings is 1. The van der Waals surface area contributed by atoms with E-state index in [1.807, 2.05) is 13.8 Å². The molecule has 1 aromatic rings.